The number of hydrogen-bond acceptors (Lipinski definition) is 2. The fraction of sp³-hybridized carbons (Fsp3) is 0.850. The summed E-state index contributed by atoms with van der Waals surface area (Å²) in [5.41, 5.74) is 0.260. The van der Waals surface area contributed by atoms with Crippen LogP contribution in [0.2, 0.25) is 0 Å². The molecule has 0 aliphatic heterocycles. The molecule has 3 saturated carbocycles. The van der Waals surface area contributed by atoms with Crippen molar-refractivity contribution in [2.75, 3.05) is 0 Å². The minimum absolute atomic E-state index is 0.0385. The summed E-state index contributed by atoms with van der Waals surface area (Å²) in [7, 11) is 0. The number of aliphatic hydroxyl groups is 1. The van der Waals surface area contributed by atoms with Gasteiger partial charge in [-0.3, -0.25) is 4.79 Å². The molecule has 0 saturated heterocycles. The van der Waals surface area contributed by atoms with E-state index in [4.69, 9.17) is 0 Å². The van der Waals surface area contributed by atoms with Crippen molar-refractivity contribution in [1.29, 1.82) is 0 Å². The number of fused-ring (bicyclic) bond motifs is 2. The Kier molecular flexibility index (Phi) is 3.15. The van der Waals surface area contributed by atoms with Gasteiger partial charge in [0, 0.05) is 11.3 Å². The molecule has 0 bridgehead atoms. The number of carboxylic acid groups (broad SMARTS) is 1. The van der Waals surface area contributed by atoms with Gasteiger partial charge in [0.05, 0.1) is 12.0 Å². The maximum Gasteiger partial charge on any atom is 0.307 e. The van der Waals surface area contributed by atoms with E-state index < -0.39 is 5.97 Å². The Balaban J connectivity index is 1.77. The minimum atomic E-state index is -0.680. The smallest absolute Gasteiger partial charge is 0.307 e. The quantitative estimate of drug-likeness (QED) is 0.722. The van der Waals surface area contributed by atoms with Gasteiger partial charge in [0.15, 0.2) is 0 Å². The van der Waals surface area contributed by atoms with E-state index >= 15 is 0 Å². The second-order valence-corrected chi connectivity index (χ2v) is 9.61. The zero-order valence-electron chi connectivity index (χ0n) is 14.6. The van der Waals surface area contributed by atoms with Crippen LogP contribution in [0, 0.1) is 39.9 Å². The summed E-state index contributed by atoms with van der Waals surface area (Å²) in [5, 5.41) is 20.7. The van der Waals surface area contributed by atoms with E-state index in [1.54, 1.807) is 0 Å². The summed E-state index contributed by atoms with van der Waals surface area (Å²) < 4.78 is 0. The molecule has 128 valence electrons. The normalized spacial score (nSPS) is 53.5. The van der Waals surface area contributed by atoms with Crippen LogP contribution in [0.3, 0.4) is 0 Å². The van der Waals surface area contributed by atoms with Crippen LogP contribution in [-0.2, 0) is 4.79 Å². The van der Waals surface area contributed by atoms with Crippen molar-refractivity contribution in [2.45, 2.75) is 65.4 Å². The first-order chi connectivity index (χ1) is 10.7. The van der Waals surface area contributed by atoms with Crippen LogP contribution < -0.4 is 0 Å². The summed E-state index contributed by atoms with van der Waals surface area (Å²) >= 11 is 0. The van der Waals surface area contributed by atoms with Gasteiger partial charge >= 0.3 is 5.97 Å². The van der Waals surface area contributed by atoms with Crippen molar-refractivity contribution >= 4 is 5.97 Å². The van der Waals surface area contributed by atoms with E-state index in [2.05, 4.69) is 32.9 Å². The topological polar surface area (TPSA) is 57.5 Å². The predicted octanol–water partition coefficient (Wildman–Crippen LogP) is 3.87. The Labute approximate surface area is 139 Å². The van der Waals surface area contributed by atoms with Gasteiger partial charge in [-0.2, -0.15) is 0 Å². The fourth-order valence-electron chi connectivity index (χ4n) is 7.38. The van der Waals surface area contributed by atoms with Crippen molar-refractivity contribution in [3.63, 3.8) is 0 Å². The number of rotatable bonds is 1. The average molecular weight is 318 g/mol. The van der Waals surface area contributed by atoms with E-state index in [9.17, 15) is 15.0 Å². The van der Waals surface area contributed by atoms with Crippen LogP contribution in [0.15, 0.2) is 12.2 Å². The molecule has 2 N–H and O–H groups in total. The highest BCUT2D eigenvalue weighted by Gasteiger charge is 2.68. The number of carboxylic acids is 1. The Hall–Kier alpha value is -0.830. The van der Waals surface area contributed by atoms with E-state index in [0.29, 0.717) is 11.8 Å². The van der Waals surface area contributed by atoms with Gasteiger partial charge < -0.3 is 10.2 Å². The van der Waals surface area contributed by atoms with Crippen molar-refractivity contribution in [3.05, 3.63) is 12.2 Å². The summed E-state index contributed by atoms with van der Waals surface area (Å²) in [4.78, 5) is 11.7. The third-order valence-corrected chi connectivity index (χ3v) is 8.40. The molecule has 1 spiro atoms. The molecule has 0 amide bonds. The van der Waals surface area contributed by atoms with Crippen LogP contribution in [-0.4, -0.2) is 22.3 Å². The molecule has 3 nitrogen and oxygen atoms in total. The average Bonchev–Trinajstić information content (AvgIpc) is 2.42. The van der Waals surface area contributed by atoms with Crippen LogP contribution in [0.25, 0.3) is 0 Å². The van der Waals surface area contributed by atoms with Gasteiger partial charge in [0.25, 0.3) is 0 Å². The standard InChI is InChI=1S/C20H30O3/c1-18(2)8-4-9-19(3)14-6-5-12(17(22)23)13-7-10-20(13,14)16(21)11-15(18)19/h7,10,12-16,21H,4-6,8-9,11H2,1-3H3,(H,22,23)/t12-,13-,14-,15+,16-,19-,20+/m1/s1. The molecule has 0 radical (unpaired) electrons. The molecule has 0 heterocycles. The summed E-state index contributed by atoms with van der Waals surface area (Å²) in [6, 6.07) is 0. The van der Waals surface area contributed by atoms with Crippen molar-refractivity contribution in [3.8, 4) is 0 Å². The molecule has 4 rings (SSSR count). The zero-order valence-corrected chi connectivity index (χ0v) is 14.6. The third kappa shape index (κ3) is 1.78. The molecule has 3 fully saturated rings. The summed E-state index contributed by atoms with van der Waals surface area (Å²) in [6.45, 7) is 7.19. The van der Waals surface area contributed by atoms with Gasteiger partial charge in [0.1, 0.15) is 0 Å². The Morgan fingerprint density at radius 2 is 1.87 bits per heavy atom. The first-order valence-electron chi connectivity index (χ1n) is 9.34. The van der Waals surface area contributed by atoms with Crippen LogP contribution in [0.1, 0.15) is 59.3 Å². The van der Waals surface area contributed by atoms with Gasteiger partial charge in [-0.25, -0.2) is 0 Å². The lowest BCUT2D eigenvalue weighted by Crippen LogP contribution is -2.67. The van der Waals surface area contributed by atoms with Gasteiger partial charge in [0.2, 0.25) is 0 Å². The Bertz CT molecular complexity index is 565. The maximum atomic E-state index is 11.7. The zero-order chi connectivity index (χ0) is 16.6. The predicted molar refractivity (Wildman–Crippen MR) is 88.8 cm³/mol. The van der Waals surface area contributed by atoms with E-state index in [-0.39, 0.29) is 34.2 Å². The van der Waals surface area contributed by atoms with Crippen molar-refractivity contribution < 1.29 is 15.0 Å². The van der Waals surface area contributed by atoms with E-state index in [0.717, 1.165) is 19.3 Å². The molecule has 0 unspecified atom stereocenters. The van der Waals surface area contributed by atoms with Gasteiger partial charge in [-0.1, -0.05) is 39.3 Å². The second kappa shape index (κ2) is 4.62. The molecular weight excluding hydrogens is 288 g/mol. The molecule has 7 atom stereocenters. The molecule has 0 aromatic rings. The van der Waals surface area contributed by atoms with Crippen molar-refractivity contribution in [1.82, 2.24) is 0 Å². The molecular formula is C20H30O3. The van der Waals surface area contributed by atoms with E-state index in [1.807, 2.05) is 0 Å². The van der Waals surface area contributed by atoms with Crippen LogP contribution in [0.5, 0.6) is 0 Å². The lowest BCUT2D eigenvalue weighted by Gasteiger charge is -2.69. The number of carbonyl (C=O) groups is 1. The summed E-state index contributed by atoms with van der Waals surface area (Å²) in [5.74, 6) is 0.0409. The van der Waals surface area contributed by atoms with Crippen LogP contribution in [0.4, 0.5) is 0 Å². The molecule has 4 aliphatic rings. The fourth-order valence-corrected chi connectivity index (χ4v) is 7.38. The largest absolute Gasteiger partial charge is 0.481 e. The highest BCUT2D eigenvalue weighted by Crippen LogP contribution is 2.71. The third-order valence-electron chi connectivity index (χ3n) is 8.40. The maximum absolute atomic E-state index is 11.7. The van der Waals surface area contributed by atoms with Crippen molar-refractivity contribution in [2.24, 2.45) is 39.9 Å². The second-order valence-electron chi connectivity index (χ2n) is 9.61. The number of allylic oxidation sites excluding steroid dienone is 1. The summed E-state index contributed by atoms with van der Waals surface area (Å²) in [6.07, 6.45) is 10.2. The molecule has 3 heteroatoms. The molecule has 0 aromatic heterocycles. The Morgan fingerprint density at radius 3 is 2.48 bits per heavy atom. The van der Waals surface area contributed by atoms with E-state index in [1.165, 1.54) is 19.3 Å². The molecule has 23 heavy (non-hydrogen) atoms. The highest BCUT2D eigenvalue weighted by atomic mass is 16.4. The SMILES string of the molecule is CC1(C)CCC[C@]2(C)[C@H]3CC[C@@H](C(=O)O)[C@H]4C=C[C@]43[C@H](O)C[C@@H]12. The molecule has 4 aliphatic carbocycles. The lowest BCUT2D eigenvalue weighted by atomic mass is 9.35. The number of hydrogen-bond donors (Lipinski definition) is 2. The first kappa shape index (κ1) is 15.7. The Morgan fingerprint density at radius 1 is 1.13 bits per heavy atom. The van der Waals surface area contributed by atoms with Gasteiger partial charge in [-0.15, -0.1) is 0 Å². The van der Waals surface area contributed by atoms with Gasteiger partial charge in [-0.05, 0) is 54.8 Å². The number of aliphatic hydroxyl groups excluding tert-OH is 1. The highest BCUT2D eigenvalue weighted by molar-refractivity contribution is 5.72. The monoisotopic (exact) mass is 318 g/mol. The first-order valence-corrected chi connectivity index (χ1v) is 9.34. The van der Waals surface area contributed by atoms with Crippen LogP contribution >= 0.6 is 0 Å². The minimum Gasteiger partial charge on any atom is -0.481 e. The number of aliphatic carboxylic acids is 1. The molecule has 0 aromatic carbocycles. The lowest BCUT2D eigenvalue weighted by molar-refractivity contribution is -0.215.